The molecule has 0 aromatic heterocycles. The van der Waals surface area contributed by atoms with Crippen molar-refractivity contribution in [1.82, 2.24) is 0 Å². The third kappa shape index (κ3) is 2.99. The van der Waals surface area contributed by atoms with Crippen LogP contribution in [-0.2, 0) is 24.7 Å². The summed E-state index contributed by atoms with van der Waals surface area (Å²) in [4.78, 5) is 0. The van der Waals surface area contributed by atoms with Crippen LogP contribution in [0.2, 0.25) is 0 Å². The molecule has 2 rings (SSSR count). The number of allylic oxidation sites excluding steroid dienone is 4. The Morgan fingerprint density at radius 1 is 1.11 bits per heavy atom. The Balaban J connectivity index is 0.00000144. The van der Waals surface area contributed by atoms with Gasteiger partial charge in [-0.2, -0.15) is 0 Å². The summed E-state index contributed by atoms with van der Waals surface area (Å²) in [7, 11) is 0. The molecule has 2 aliphatic carbocycles. The molecule has 0 spiro atoms. The summed E-state index contributed by atoms with van der Waals surface area (Å²) in [5, 5.41) is 0. The molecule has 0 amide bonds. The maximum atomic E-state index is 2.54. The van der Waals surface area contributed by atoms with Crippen molar-refractivity contribution in [2.75, 3.05) is 0 Å². The van der Waals surface area contributed by atoms with Gasteiger partial charge in [0.2, 0.25) is 0 Å². The second-order valence-electron chi connectivity index (χ2n) is 6.52. The van der Waals surface area contributed by atoms with E-state index < -0.39 is 0 Å². The van der Waals surface area contributed by atoms with Crippen LogP contribution in [0.4, 0.5) is 0 Å². The molecule has 0 aromatic rings. The zero-order chi connectivity index (χ0) is 12.0. The summed E-state index contributed by atoms with van der Waals surface area (Å²) in [5.74, 6) is 0. The Morgan fingerprint density at radius 2 is 1.61 bits per heavy atom. The van der Waals surface area contributed by atoms with Crippen molar-refractivity contribution >= 4 is 0 Å². The molecule has 3 heteroatoms. The normalized spacial score (nSPS) is 22.4. The SMILES string of the molecule is CC1=[C]([Zr+2])C(C2(C(C)(C)C)CCCC2)=CC1.[Cl-].[Cl-]. The molecule has 0 radical (unpaired) electrons. The van der Waals surface area contributed by atoms with Crippen molar-refractivity contribution in [2.24, 2.45) is 10.8 Å². The van der Waals surface area contributed by atoms with Gasteiger partial charge in [-0.25, -0.2) is 0 Å². The van der Waals surface area contributed by atoms with Gasteiger partial charge < -0.3 is 24.8 Å². The summed E-state index contributed by atoms with van der Waals surface area (Å²) in [6.07, 6.45) is 9.43. The minimum Gasteiger partial charge on any atom is -1.00 e. The van der Waals surface area contributed by atoms with Crippen molar-refractivity contribution in [3.05, 3.63) is 20.5 Å². The van der Waals surface area contributed by atoms with E-state index in [1.165, 1.54) is 32.1 Å². The maximum Gasteiger partial charge on any atom is -1.00 e. The van der Waals surface area contributed by atoms with Crippen LogP contribution in [-0.4, -0.2) is 0 Å². The smallest absolute Gasteiger partial charge is 1.00 e. The first-order valence-corrected chi connectivity index (χ1v) is 7.74. The van der Waals surface area contributed by atoms with Crippen LogP contribution in [0.25, 0.3) is 0 Å². The molecule has 0 heterocycles. The third-order valence-corrected chi connectivity index (χ3v) is 6.43. The monoisotopic (exact) mass is 363 g/mol. The first-order chi connectivity index (χ1) is 7.38. The van der Waals surface area contributed by atoms with Crippen molar-refractivity contribution in [3.63, 3.8) is 0 Å². The topological polar surface area (TPSA) is 0 Å². The second-order valence-corrected chi connectivity index (χ2v) is 7.75. The van der Waals surface area contributed by atoms with Crippen LogP contribution < -0.4 is 24.8 Å². The van der Waals surface area contributed by atoms with Gasteiger partial charge in [-0.15, -0.1) is 0 Å². The van der Waals surface area contributed by atoms with Crippen LogP contribution in [0.5, 0.6) is 0 Å². The van der Waals surface area contributed by atoms with Crippen molar-refractivity contribution < 1.29 is 49.5 Å². The fourth-order valence-electron chi connectivity index (χ4n) is 3.53. The summed E-state index contributed by atoms with van der Waals surface area (Å²) in [5.41, 5.74) is 4.27. The van der Waals surface area contributed by atoms with E-state index in [2.05, 4.69) is 33.8 Å². The van der Waals surface area contributed by atoms with Crippen LogP contribution in [0.1, 0.15) is 59.8 Å². The largest absolute Gasteiger partial charge is 1.00 e. The van der Waals surface area contributed by atoms with Gasteiger partial charge in [0.15, 0.2) is 0 Å². The molecule has 0 N–H and O–H groups in total. The Morgan fingerprint density at radius 3 is 1.94 bits per heavy atom. The van der Waals surface area contributed by atoms with Gasteiger partial charge in [0.05, 0.1) is 0 Å². The van der Waals surface area contributed by atoms with Gasteiger partial charge >= 0.3 is 116 Å². The molecule has 0 bridgehead atoms. The van der Waals surface area contributed by atoms with Crippen molar-refractivity contribution in [2.45, 2.75) is 59.8 Å². The molecule has 0 nitrogen and oxygen atoms in total. The Labute approximate surface area is 140 Å². The van der Waals surface area contributed by atoms with Gasteiger partial charge in [-0.05, 0) is 0 Å². The molecular formula is C15H23Cl2Zr. The van der Waals surface area contributed by atoms with Crippen LogP contribution in [0, 0.1) is 10.8 Å². The molecule has 0 unspecified atom stereocenters. The minimum absolute atomic E-state index is 0. The molecule has 0 aromatic carbocycles. The van der Waals surface area contributed by atoms with E-state index in [1.54, 1.807) is 39.1 Å². The third-order valence-electron chi connectivity index (χ3n) is 4.72. The minimum atomic E-state index is 0. The van der Waals surface area contributed by atoms with Gasteiger partial charge in [0.25, 0.3) is 0 Å². The first-order valence-electron chi connectivity index (χ1n) is 6.51. The predicted molar refractivity (Wildman–Crippen MR) is 65.8 cm³/mol. The van der Waals surface area contributed by atoms with E-state index in [1.807, 2.05) is 0 Å². The van der Waals surface area contributed by atoms with Crippen LogP contribution in [0.15, 0.2) is 20.5 Å². The molecule has 0 aliphatic heterocycles. The van der Waals surface area contributed by atoms with E-state index >= 15 is 0 Å². The van der Waals surface area contributed by atoms with Crippen LogP contribution in [0.3, 0.4) is 0 Å². The quantitative estimate of drug-likeness (QED) is 0.545. The molecule has 101 valence electrons. The summed E-state index contributed by atoms with van der Waals surface area (Å²) < 4.78 is 1.68. The van der Waals surface area contributed by atoms with E-state index in [0.717, 1.165) is 0 Å². The zero-order valence-corrected chi connectivity index (χ0v) is 15.8. The fraction of sp³-hybridized carbons (Fsp3) is 0.733. The number of hydrogen-bond acceptors (Lipinski definition) is 0. The van der Waals surface area contributed by atoms with E-state index in [-0.39, 0.29) is 24.8 Å². The standard InChI is InChI=1S/C15H23.2ClH.Zr/c1-12-7-8-13(11-12)15(14(2,3)4)9-5-6-10-15;;;/h8H,5-7,9-10H2,1-4H3;2*1H;/q;;;+2/p-2. The molecule has 1 saturated carbocycles. The number of rotatable bonds is 1. The van der Waals surface area contributed by atoms with E-state index in [4.69, 9.17) is 0 Å². The molecule has 2 aliphatic rings. The first kappa shape index (κ1) is 18.9. The van der Waals surface area contributed by atoms with Crippen molar-refractivity contribution in [3.8, 4) is 0 Å². The molecule has 0 atom stereocenters. The van der Waals surface area contributed by atoms with Gasteiger partial charge in [0, 0.05) is 0 Å². The van der Waals surface area contributed by atoms with Gasteiger partial charge in [-0.3, -0.25) is 0 Å². The summed E-state index contributed by atoms with van der Waals surface area (Å²) >= 11 is 1.62. The Bertz CT molecular complexity index is 355. The zero-order valence-electron chi connectivity index (χ0n) is 11.9. The summed E-state index contributed by atoms with van der Waals surface area (Å²) in [6, 6.07) is 0. The fourth-order valence-corrected chi connectivity index (χ4v) is 4.62. The van der Waals surface area contributed by atoms with E-state index in [9.17, 15) is 0 Å². The predicted octanol–water partition coefficient (Wildman–Crippen LogP) is -1.25. The van der Waals surface area contributed by atoms with E-state index in [0.29, 0.717) is 10.8 Å². The second kappa shape index (κ2) is 6.60. The Hall–Kier alpha value is 0.943. The van der Waals surface area contributed by atoms with Gasteiger partial charge in [0.1, 0.15) is 0 Å². The van der Waals surface area contributed by atoms with Gasteiger partial charge in [-0.1, -0.05) is 0 Å². The van der Waals surface area contributed by atoms with Crippen LogP contribution >= 0.6 is 0 Å². The Kier molecular flexibility index (Phi) is 6.94. The maximum absolute atomic E-state index is 2.54. The molecule has 0 saturated heterocycles. The van der Waals surface area contributed by atoms with Crippen molar-refractivity contribution in [1.29, 1.82) is 0 Å². The average Bonchev–Trinajstić information content (AvgIpc) is 2.75. The summed E-state index contributed by atoms with van der Waals surface area (Å²) in [6.45, 7) is 9.64. The molecule has 18 heavy (non-hydrogen) atoms. The molecular weight excluding hydrogens is 342 g/mol. The number of hydrogen-bond donors (Lipinski definition) is 0. The number of halogens is 2. The average molecular weight is 365 g/mol. The molecule has 1 fully saturated rings.